The van der Waals surface area contributed by atoms with Gasteiger partial charge in [0, 0.05) is 11.3 Å². The van der Waals surface area contributed by atoms with Gasteiger partial charge in [0.05, 0.1) is 12.4 Å². The highest BCUT2D eigenvalue weighted by molar-refractivity contribution is 7.99. The Bertz CT molecular complexity index is 412. The maximum atomic E-state index is 11.9. The van der Waals surface area contributed by atoms with Crippen molar-refractivity contribution in [2.75, 3.05) is 12.0 Å². The average Bonchev–Trinajstić information content (AvgIpc) is 2.77. The lowest BCUT2D eigenvalue weighted by molar-refractivity contribution is 0.0932. The highest BCUT2D eigenvalue weighted by Gasteiger charge is 2.25. The van der Waals surface area contributed by atoms with Crippen molar-refractivity contribution in [3.8, 4) is 0 Å². The third-order valence-electron chi connectivity index (χ3n) is 2.94. The van der Waals surface area contributed by atoms with Crippen LogP contribution in [0.25, 0.3) is 0 Å². The summed E-state index contributed by atoms with van der Waals surface area (Å²) in [5.41, 5.74) is 5.78. The van der Waals surface area contributed by atoms with E-state index in [0.717, 1.165) is 19.3 Å². The summed E-state index contributed by atoms with van der Waals surface area (Å²) in [4.78, 5) is 19.7. The predicted octanol–water partition coefficient (Wildman–Crippen LogP) is 1.07. The first-order chi connectivity index (χ1) is 8.19. The zero-order valence-corrected chi connectivity index (χ0v) is 10.5. The Balaban J connectivity index is 1.94. The van der Waals surface area contributed by atoms with Gasteiger partial charge in [0.1, 0.15) is 11.5 Å². The molecule has 92 valence electrons. The van der Waals surface area contributed by atoms with E-state index < -0.39 is 0 Å². The second kappa shape index (κ2) is 5.35. The number of carbonyl (C=O) groups is 1. The maximum Gasteiger partial charge on any atom is 0.271 e. The van der Waals surface area contributed by atoms with Gasteiger partial charge in [-0.05, 0) is 25.5 Å². The lowest BCUT2D eigenvalue weighted by Gasteiger charge is -2.12. The highest BCUT2D eigenvalue weighted by atomic mass is 32.2. The average molecular weight is 252 g/mol. The number of hydrogen-bond donors (Lipinski definition) is 2. The van der Waals surface area contributed by atoms with Crippen LogP contribution in [0.4, 0.5) is 5.82 Å². The number of aromatic nitrogens is 2. The van der Waals surface area contributed by atoms with Crippen molar-refractivity contribution in [1.29, 1.82) is 0 Å². The molecule has 1 saturated carbocycles. The Morgan fingerprint density at radius 2 is 2.35 bits per heavy atom. The first-order valence-electron chi connectivity index (χ1n) is 5.60. The van der Waals surface area contributed by atoms with Crippen molar-refractivity contribution in [3.63, 3.8) is 0 Å². The molecule has 6 heteroatoms. The monoisotopic (exact) mass is 252 g/mol. The molecule has 1 fully saturated rings. The molecule has 17 heavy (non-hydrogen) atoms. The number of nitrogens with zero attached hydrogens (tertiary/aromatic N) is 2. The molecule has 2 unspecified atom stereocenters. The van der Waals surface area contributed by atoms with Gasteiger partial charge in [-0.1, -0.05) is 0 Å². The Morgan fingerprint density at radius 1 is 1.53 bits per heavy atom. The van der Waals surface area contributed by atoms with E-state index in [1.165, 1.54) is 12.4 Å². The number of thioether (sulfide) groups is 1. The number of nitrogens with two attached hydrogens (primary N) is 1. The quantitative estimate of drug-likeness (QED) is 0.841. The molecule has 2 atom stereocenters. The lowest BCUT2D eigenvalue weighted by Crippen LogP contribution is -2.33. The zero-order valence-electron chi connectivity index (χ0n) is 9.72. The van der Waals surface area contributed by atoms with Crippen LogP contribution in [0, 0.1) is 0 Å². The van der Waals surface area contributed by atoms with Crippen molar-refractivity contribution in [2.45, 2.75) is 30.6 Å². The molecule has 1 aromatic rings. The fraction of sp³-hybridized carbons (Fsp3) is 0.545. The largest absolute Gasteiger partial charge is 0.382 e. The van der Waals surface area contributed by atoms with Crippen LogP contribution in [0.2, 0.25) is 0 Å². The first kappa shape index (κ1) is 12.2. The molecule has 0 aromatic carbocycles. The van der Waals surface area contributed by atoms with Gasteiger partial charge in [0.15, 0.2) is 0 Å². The van der Waals surface area contributed by atoms with Crippen molar-refractivity contribution < 1.29 is 4.79 Å². The number of anilines is 1. The molecule has 2 rings (SSSR count). The summed E-state index contributed by atoms with van der Waals surface area (Å²) in [7, 11) is 0. The lowest BCUT2D eigenvalue weighted by atomic mass is 10.2. The minimum Gasteiger partial charge on any atom is -0.382 e. The molecule has 0 saturated heterocycles. The van der Waals surface area contributed by atoms with Gasteiger partial charge in [-0.3, -0.25) is 9.78 Å². The van der Waals surface area contributed by atoms with Crippen LogP contribution in [0.3, 0.4) is 0 Å². The van der Waals surface area contributed by atoms with Crippen molar-refractivity contribution >= 4 is 23.5 Å². The fourth-order valence-electron chi connectivity index (χ4n) is 2.04. The van der Waals surface area contributed by atoms with E-state index in [2.05, 4.69) is 21.5 Å². The second-order valence-corrected chi connectivity index (χ2v) is 5.31. The van der Waals surface area contributed by atoms with E-state index in [1.54, 1.807) is 0 Å². The summed E-state index contributed by atoms with van der Waals surface area (Å²) in [5, 5.41) is 3.64. The molecule has 0 spiro atoms. The van der Waals surface area contributed by atoms with E-state index >= 15 is 0 Å². The minimum absolute atomic E-state index is 0.184. The van der Waals surface area contributed by atoms with Gasteiger partial charge in [-0.15, -0.1) is 0 Å². The van der Waals surface area contributed by atoms with Crippen LogP contribution in [0.1, 0.15) is 29.8 Å². The molecule has 0 aliphatic heterocycles. The third-order valence-corrected chi connectivity index (χ3v) is 4.03. The molecule has 1 amide bonds. The normalized spacial score (nSPS) is 23.6. The van der Waals surface area contributed by atoms with Crippen molar-refractivity contribution in [2.24, 2.45) is 0 Å². The van der Waals surface area contributed by atoms with Gasteiger partial charge in [0.2, 0.25) is 0 Å². The number of hydrogen-bond acceptors (Lipinski definition) is 5. The molecule has 0 bridgehead atoms. The molecule has 1 aliphatic carbocycles. The Hall–Kier alpha value is -1.30. The first-order valence-corrected chi connectivity index (χ1v) is 6.89. The van der Waals surface area contributed by atoms with Gasteiger partial charge in [0.25, 0.3) is 5.91 Å². The smallest absolute Gasteiger partial charge is 0.271 e. The van der Waals surface area contributed by atoms with Crippen LogP contribution in [0.15, 0.2) is 12.4 Å². The van der Waals surface area contributed by atoms with Crippen LogP contribution >= 0.6 is 11.8 Å². The summed E-state index contributed by atoms with van der Waals surface area (Å²) >= 11 is 1.86. The molecule has 5 nitrogen and oxygen atoms in total. The van der Waals surface area contributed by atoms with E-state index in [4.69, 9.17) is 5.73 Å². The van der Waals surface area contributed by atoms with Crippen molar-refractivity contribution in [3.05, 3.63) is 18.1 Å². The molecule has 3 N–H and O–H groups in total. The van der Waals surface area contributed by atoms with E-state index in [9.17, 15) is 4.79 Å². The molecular weight excluding hydrogens is 236 g/mol. The second-order valence-electron chi connectivity index (χ2n) is 4.17. The van der Waals surface area contributed by atoms with Crippen LogP contribution in [0.5, 0.6) is 0 Å². The van der Waals surface area contributed by atoms with Crippen molar-refractivity contribution in [1.82, 2.24) is 15.3 Å². The number of carbonyl (C=O) groups excluding carboxylic acids is 1. The number of nitrogens with one attached hydrogen (secondary N) is 1. The summed E-state index contributed by atoms with van der Waals surface area (Å²) in [6.07, 6.45) is 8.20. The summed E-state index contributed by atoms with van der Waals surface area (Å²) in [5.74, 6) is 0.0858. The zero-order chi connectivity index (χ0) is 12.3. The Labute approximate surface area is 105 Å². The topological polar surface area (TPSA) is 80.9 Å². The predicted molar refractivity (Wildman–Crippen MR) is 68.9 cm³/mol. The van der Waals surface area contributed by atoms with Gasteiger partial charge >= 0.3 is 0 Å². The van der Waals surface area contributed by atoms with E-state index in [1.807, 2.05) is 11.8 Å². The third kappa shape index (κ3) is 3.09. The van der Waals surface area contributed by atoms with Crippen LogP contribution < -0.4 is 11.1 Å². The number of amides is 1. The fourth-order valence-corrected chi connectivity index (χ4v) is 2.83. The Morgan fingerprint density at radius 3 is 3.00 bits per heavy atom. The summed E-state index contributed by atoms with van der Waals surface area (Å²) < 4.78 is 0. The van der Waals surface area contributed by atoms with E-state index in [-0.39, 0.29) is 23.5 Å². The highest BCUT2D eigenvalue weighted by Crippen LogP contribution is 2.28. The molecule has 1 aromatic heterocycles. The molecule has 1 heterocycles. The van der Waals surface area contributed by atoms with Gasteiger partial charge in [-0.25, -0.2) is 4.98 Å². The standard InChI is InChI=1S/C11H16N4OS/c1-17-8-3-2-7(4-8)14-11(16)9-5-13-6-10(12)15-9/h5-8H,2-4H2,1H3,(H2,12,15)(H,14,16). The van der Waals surface area contributed by atoms with Gasteiger partial charge < -0.3 is 11.1 Å². The SMILES string of the molecule is CSC1CCC(NC(=O)c2cncc(N)n2)C1. The maximum absolute atomic E-state index is 11.9. The van der Waals surface area contributed by atoms with E-state index in [0.29, 0.717) is 5.25 Å². The molecule has 1 aliphatic rings. The summed E-state index contributed by atoms with van der Waals surface area (Å²) in [6, 6.07) is 0.253. The molecule has 0 radical (unpaired) electrons. The van der Waals surface area contributed by atoms with Crippen LogP contribution in [-0.2, 0) is 0 Å². The van der Waals surface area contributed by atoms with Gasteiger partial charge in [-0.2, -0.15) is 11.8 Å². The number of rotatable bonds is 3. The minimum atomic E-state index is -0.184. The number of nitrogen functional groups attached to an aromatic ring is 1. The molecular formula is C11H16N4OS. The Kier molecular flexibility index (Phi) is 3.83. The van der Waals surface area contributed by atoms with Crippen LogP contribution in [-0.4, -0.2) is 33.4 Å². The summed E-state index contributed by atoms with van der Waals surface area (Å²) in [6.45, 7) is 0.